The highest BCUT2D eigenvalue weighted by molar-refractivity contribution is 6.30. The minimum Gasteiger partial charge on any atom is -0.496 e. The van der Waals surface area contributed by atoms with Gasteiger partial charge in [0, 0.05) is 36.1 Å². The highest BCUT2D eigenvalue weighted by atomic mass is 35.5. The zero-order valence-electron chi connectivity index (χ0n) is 12.7. The van der Waals surface area contributed by atoms with Crippen LogP contribution in [-0.2, 0) is 4.79 Å². The fourth-order valence-corrected chi connectivity index (χ4v) is 2.86. The normalized spacial score (nSPS) is 16.3. The predicted molar refractivity (Wildman–Crippen MR) is 84.9 cm³/mol. The summed E-state index contributed by atoms with van der Waals surface area (Å²) in [5, 5.41) is 4.17. The fraction of sp³-hybridized carbons (Fsp3) is 0.562. The Balaban J connectivity index is 1.80. The van der Waals surface area contributed by atoms with Crippen LogP contribution in [0.15, 0.2) is 18.2 Å². The molecule has 21 heavy (non-hydrogen) atoms. The number of benzene rings is 1. The summed E-state index contributed by atoms with van der Waals surface area (Å²) >= 11 is 6.05. The maximum Gasteiger partial charge on any atom is 0.222 e. The molecule has 1 fully saturated rings. The summed E-state index contributed by atoms with van der Waals surface area (Å²) in [7, 11) is 1.67. The second-order valence-electron chi connectivity index (χ2n) is 5.40. The number of rotatable bonds is 7. The standard InChI is InChI=1S/C16H23ClN2O2/c1-12(14-11-13(17)6-7-15(14)21-2)18-8-4-10-19-9-3-5-16(19)20/h6-7,11-12,18H,3-5,8-10H2,1-2H3/t12-/m0/s1. The van der Waals surface area contributed by atoms with Gasteiger partial charge in [0.25, 0.3) is 0 Å². The molecule has 0 saturated carbocycles. The Morgan fingerprint density at radius 2 is 2.29 bits per heavy atom. The molecule has 4 nitrogen and oxygen atoms in total. The van der Waals surface area contributed by atoms with E-state index in [4.69, 9.17) is 16.3 Å². The first-order chi connectivity index (χ1) is 10.1. The number of nitrogens with zero attached hydrogens (tertiary/aromatic N) is 1. The van der Waals surface area contributed by atoms with Crippen molar-refractivity contribution in [2.24, 2.45) is 0 Å². The highest BCUT2D eigenvalue weighted by Gasteiger charge is 2.19. The number of amides is 1. The third kappa shape index (κ3) is 4.35. The summed E-state index contributed by atoms with van der Waals surface area (Å²) in [4.78, 5) is 13.5. The lowest BCUT2D eigenvalue weighted by atomic mass is 10.1. The third-order valence-electron chi connectivity index (χ3n) is 3.88. The Bertz CT molecular complexity index is 493. The molecule has 5 heteroatoms. The van der Waals surface area contributed by atoms with Crippen LogP contribution in [0.1, 0.15) is 37.8 Å². The molecule has 1 N–H and O–H groups in total. The Labute approximate surface area is 131 Å². The Morgan fingerprint density at radius 3 is 2.95 bits per heavy atom. The second kappa shape index (κ2) is 7.66. The lowest BCUT2D eigenvalue weighted by Crippen LogP contribution is -2.29. The average Bonchev–Trinajstić information content (AvgIpc) is 2.88. The van der Waals surface area contributed by atoms with Crippen molar-refractivity contribution in [3.8, 4) is 5.75 Å². The molecule has 0 aliphatic carbocycles. The number of hydrogen-bond acceptors (Lipinski definition) is 3. The summed E-state index contributed by atoms with van der Waals surface area (Å²) in [5.41, 5.74) is 1.06. The first-order valence-electron chi connectivity index (χ1n) is 7.46. The summed E-state index contributed by atoms with van der Waals surface area (Å²) in [6, 6.07) is 5.81. The van der Waals surface area contributed by atoms with E-state index in [1.165, 1.54) is 0 Å². The van der Waals surface area contributed by atoms with Crippen LogP contribution < -0.4 is 10.1 Å². The van der Waals surface area contributed by atoms with Gasteiger partial charge < -0.3 is 15.0 Å². The molecule has 1 heterocycles. The third-order valence-corrected chi connectivity index (χ3v) is 4.12. The molecule has 1 atom stereocenters. The first-order valence-corrected chi connectivity index (χ1v) is 7.84. The molecular weight excluding hydrogens is 288 g/mol. The number of hydrogen-bond donors (Lipinski definition) is 1. The molecule has 0 radical (unpaired) electrons. The van der Waals surface area contributed by atoms with Crippen LogP contribution in [0, 0.1) is 0 Å². The Hall–Kier alpha value is -1.26. The van der Waals surface area contributed by atoms with Crippen molar-refractivity contribution in [1.29, 1.82) is 0 Å². The van der Waals surface area contributed by atoms with Crippen molar-refractivity contribution in [2.75, 3.05) is 26.7 Å². The Kier molecular flexibility index (Phi) is 5.88. The number of nitrogens with one attached hydrogen (secondary N) is 1. The van der Waals surface area contributed by atoms with Crippen molar-refractivity contribution in [3.05, 3.63) is 28.8 Å². The van der Waals surface area contributed by atoms with Crippen LogP contribution in [0.25, 0.3) is 0 Å². The van der Waals surface area contributed by atoms with E-state index in [1.807, 2.05) is 23.1 Å². The number of likely N-dealkylation sites (tertiary alicyclic amines) is 1. The second-order valence-corrected chi connectivity index (χ2v) is 5.84. The maximum atomic E-state index is 11.5. The topological polar surface area (TPSA) is 41.6 Å². The zero-order valence-corrected chi connectivity index (χ0v) is 13.4. The van der Waals surface area contributed by atoms with Crippen LogP contribution in [-0.4, -0.2) is 37.6 Å². The molecule has 1 saturated heterocycles. The monoisotopic (exact) mass is 310 g/mol. The van der Waals surface area contributed by atoms with E-state index in [0.717, 1.165) is 43.8 Å². The average molecular weight is 311 g/mol. The van der Waals surface area contributed by atoms with Crippen molar-refractivity contribution in [2.45, 2.75) is 32.2 Å². The molecule has 0 bridgehead atoms. The van der Waals surface area contributed by atoms with Crippen LogP contribution >= 0.6 is 11.6 Å². The minimum absolute atomic E-state index is 0.160. The van der Waals surface area contributed by atoms with Crippen LogP contribution in [0.5, 0.6) is 5.75 Å². The van der Waals surface area contributed by atoms with Crippen LogP contribution in [0.4, 0.5) is 0 Å². The molecule has 0 aromatic heterocycles. The van der Waals surface area contributed by atoms with E-state index in [-0.39, 0.29) is 6.04 Å². The van der Waals surface area contributed by atoms with Gasteiger partial charge in [-0.25, -0.2) is 0 Å². The maximum absolute atomic E-state index is 11.5. The summed E-state index contributed by atoms with van der Waals surface area (Å²) in [6.07, 6.45) is 2.67. The molecular formula is C16H23ClN2O2. The molecule has 1 aliphatic rings. The molecule has 2 rings (SSSR count). The SMILES string of the molecule is COc1ccc(Cl)cc1[C@H](C)NCCCN1CCCC1=O. The van der Waals surface area contributed by atoms with E-state index in [9.17, 15) is 4.79 Å². The Morgan fingerprint density at radius 1 is 1.48 bits per heavy atom. The van der Waals surface area contributed by atoms with Gasteiger partial charge in [0.2, 0.25) is 5.91 Å². The quantitative estimate of drug-likeness (QED) is 0.787. The smallest absolute Gasteiger partial charge is 0.222 e. The van der Waals surface area contributed by atoms with Crippen molar-refractivity contribution in [1.82, 2.24) is 10.2 Å². The zero-order chi connectivity index (χ0) is 15.2. The first kappa shape index (κ1) is 16.1. The molecule has 1 aromatic rings. The van der Waals surface area contributed by atoms with Gasteiger partial charge in [-0.1, -0.05) is 11.6 Å². The van der Waals surface area contributed by atoms with Crippen LogP contribution in [0.2, 0.25) is 5.02 Å². The molecule has 1 amide bonds. The predicted octanol–water partition coefficient (Wildman–Crippen LogP) is 3.01. The molecule has 116 valence electrons. The van der Waals surface area contributed by atoms with Crippen molar-refractivity contribution < 1.29 is 9.53 Å². The van der Waals surface area contributed by atoms with Crippen LogP contribution in [0.3, 0.4) is 0 Å². The molecule has 1 aliphatic heterocycles. The van der Waals surface area contributed by atoms with Gasteiger partial charge in [-0.05, 0) is 44.5 Å². The summed E-state index contributed by atoms with van der Waals surface area (Å²) in [5.74, 6) is 1.13. The number of ether oxygens (including phenoxy) is 1. The van der Waals surface area contributed by atoms with E-state index in [2.05, 4.69) is 12.2 Å². The summed E-state index contributed by atoms with van der Waals surface area (Å²) in [6.45, 7) is 4.71. The number of methoxy groups -OCH3 is 1. The van der Waals surface area contributed by atoms with Gasteiger partial charge in [-0.2, -0.15) is 0 Å². The number of halogens is 1. The lowest BCUT2D eigenvalue weighted by molar-refractivity contribution is -0.127. The number of carbonyl (C=O) groups excluding carboxylic acids is 1. The van der Waals surface area contributed by atoms with Crippen molar-refractivity contribution >= 4 is 17.5 Å². The fourth-order valence-electron chi connectivity index (χ4n) is 2.68. The van der Waals surface area contributed by atoms with Gasteiger partial charge in [0.1, 0.15) is 5.75 Å². The van der Waals surface area contributed by atoms with E-state index < -0.39 is 0 Å². The van der Waals surface area contributed by atoms with E-state index in [1.54, 1.807) is 7.11 Å². The van der Waals surface area contributed by atoms with Gasteiger partial charge in [-0.15, -0.1) is 0 Å². The van der Waals surface area contributed by atoms with Gasteiger partial charge >= 0.3 is 0 Å². The lowest BCUT2D eigenvalue weighted by Gasteiger charge is -2.19. The number of carbonyl (C=O) groups is 1. The molecule has 0 unspecified atom stereocenters. The minimum atomic E-state index is 0.160. The van der Waals surface area contributed by atoms with E-state index in [0.29, 0.717) is 17.4 Å². The van der Waals surface area contributed by atoms with Gasteiger partial charge in [0.15, 0.2) is 0 Å². The highest BCUT2D eigenvalue weighted by Crippen LogP contribution is 2.28. The molecule has 1 aromatic carbocycles. The van der Waals surface area contributed by atoms with Gasteiger partial charge in [-0.3, -0.25) is 4.79 Å². The summed E-state index contributed by atoms with van der Waals surface area (Å²) < 4.78 is 5.37. The largest absolute Gasteiger partial charge is 0.496 e. The van der Waals surface area contributed by atoms with E-state index >= 15 is 0 Å². The van der Waals surface area contributed by atoms with Crippen molar-refractivity contribution in [3.63, 3.8) is 0 Å². The molecule has 0 spiro atoms. The van der Waals surface area contributed by atoms with Gasteiger partial charge in [0.05, 0.1) is 7.11 Å².